The fourth-order valence-electron chi connectivity index (χ4n) is 4.24. The average molecular weight is 497 g/mol. The number of benzene rings is 2. The third-order valence-corrected chi connectivity index (χ3v) is 6.16. The van der Waals surface area contributed by atoms with Gasteiger partial charge in [0, 0.05) is 12.1 Å². The molecule has 1 amide bonds. The lowest BCUT2D eigenvalue weighted by Gasteiger charge is -2.26. The first kappa shape index (κ1) is 27.1. The first-order chi connectivity index (χ1) is 17.3. The Bertz CT molecular complexity index is 1090. The monoisotopic (exact) mass is 496 g/mol. The Balaban J connectivity index is 2.04. The van der Waals surface area contributed by atoms with E-state index in [2.05, 4.69) is 6.92 Å². The van der Waals surface area contributed by atoms with E-state index < -0.39 is 17.7 Å². The van der Waals surface area contributed by atoms with Crippen LogP contribution in [-0.2, 0) is 9.59 Å². The maximum absolute atomic E-state index is 13.2. The molecule has 1 heterocycles. The minimum Gasteiger partial charge on any atom is -0.507 e. The van der Waals surface area contributed by atoms with Gasteiger partial charge in [-0.3, -0.25) is 9.59 Å². The van der Waals surface area contributed by atoms with E-state index in [9.17, 15) is 14.7 Å². The molecule has 0 bridgehead atoms. The van der Waals surface area contributed by atoms with Crippen LogP contribution in [0, 0.1) is 0 Å². The Labute approximate surface area is 213 Å². The van der Waals surface area contributed by atoms with Crippen molar-refractivity contribution in [3.8, 4) is 17.2 Å². The molecule has 0 saturated carbocycles. The van der Waals surface area contributed by atoms with Crippen LogP contribution in [0.15, 0.2) is 48.0 Å². The summed E-state index contributed by atoms with van der Waals surface area (Å²) in [5, 5.41) is 11.3. The van der Waals surface area contributed by atoms with E-state index in [4.69, 9.17) is 14.2 Å². The van der Waals surface area contributed by atoms with E-state index in [0.29, 0.717) is 47.9 Å². The van der Waals surface area contributed by atoms with Crippen molar-refractivity contribution in [2.24, 2.45) is 0 Å². The number of hydrogen-bond donors (Lipinski definition) is 1. The molecule has 36 heavy (non-hydrogen) atoms. The predicted molar refractivity (Wildman–Crippen MR) is 139 cm³/mol. The highest BCUT2D eigenvalue weighted by atomic mass is 16.5. The van der Waals surface area contributed by atoms with Crippen molar-refractivity contribution in [3.05, 3.63) is 59.2 Å². The molecule has 2 aromatic rings. The number of Topliss-reactive ketones (excluding diaryl/α,β-unsaturated/α-hetero) is 1. The molecule has 8 heteroatoms. The number of ketones is 1. The van der Waals surface area contributed by atoms with Gasteiger partial charge in [0.15, 0.2) is 11.5 Å². The number of aliphatic hydroxyl groups excluding tert-OH is 1. The number of hydrogen-bond acceptors (Lipinski definition) is 7. The molecule has 1 fully saturated rings. The van der Waals surface area contributed by atoms with Gasteiger partial charge >= 0.3 is 0 Å². The molecule has 0 aliphatic carbocycles. The SMILES string of the molecule is CCCCOc1ccc(/C(O)=C2\C(=O)C(=O)N(CCCN(C)C)[C@H]2c2ccc(OC)c(OC)c2)cc1. The van der Waals surface area contributed by atoms with Crippen LogP contribution in [0.25, 0.3) is 5.76 Å². The molecule has 2 aromatic carbocycles. The summed E-state index contributed by atoms with van der Waals surface area (Å²) in [6.07, 6.45) is 2.65. The lowest BCUT2D eigenvalue weighted by atomic mass is 9.95. The van der Waals surface area contributed by atoms with Crippen LogP contribution in [0.5, 0.6) is 17.2 Å². The lowest BCUT2D eigenvalue weighted by molar-refractivity contribution is -0.139. The second-order valence-electron chi connectivity index (χ2n) is 8.99. The number of likely N-dealkylation sites (tertiary alicyclic amines) is 1. The molecule has 0 radical (unpaired) electrons. The normalized spacial score (nSPS) is 17.1. The Morgan fingerprint density at radius 3 is 2.31 bits per heavy atom. The highest BCUT2D eigenvalue weighted by Crippen LogP contribution is 2.42. The van der Waals surface area contributed by atoms with Crippen molar-refractivity contribution in [3.63, 3.8) is 0 Å². The molecule has 0 aromatic heterocycles. The van der Waals surface area contributed by atoms with Gasteiger partial charge in [0.05, 0.1) is 32.4 Å². The number of ether oxygens (including phenoxy) is 3. The van der Waals surface area contributed by atoms with Gasteiger partial charge in [-0.2, -0.15) is 0 Å². The van der Waals surface area contributed by atoms with Gasteiger partial charge in [-0.1, -0.05) is 19.4 Å². The summed E-state index contributed by atoms with van der Waals surface area (Å²) >= 11 is 0. The van der Waals surface area contributed by atoms with Crippen LogP contribution in [0.3, 0.4) is 0 Å². The van der Waals surface area contributed by atoms with Gasteiger partial charge in [-0.15, -0.1) is 0 Å². The van der Waals surface area contributed by atoms with Gasteiger partial charge in [0.25, 0.3) is 11.7 Å². The maximum atomic E-state index is 13.2. The van der Waals surface area contributed by atoms with Crippen molar-refractivity contribution in [2.45, 2.75) is 32.2 Å². The van der Waals surface area contributed by atoms with E-state index in [1.165, 1.54) is 12.0 Å². The molecule has 194 valence electrons. The van der Waals surface area contributed by atoms with Crippen LogP contribution in [0.4, 0.5) is 0 Å². The zero-order valence-electron chi connectivity index (χ0n) is 21.7. The predicted octanol–water partition coefficient (Wildman–Crippen LogP) is 4.26. The van der Waals surface area contributed by atoms with Gasteiger partial charge in [0.1, 0.15) is 11.5 Å². The van der Waals surface area contributed by atoms with Crippen molar-refractivity contribution in [2.75, 3.05) is 48.0 Å². The van der Waals surface area contributed by atoms with Crippen molar-refractivity contribution >= 4 is 17.4 Å². The van der Waals surface area contributed by atoms with Gasteiger partial charge in [-0.05, 0) is 75.4 Å². The molecule has 1 atom stereocenters. The largest absolute Gasteiger partial charge is 0.507 e. The average Bonchev–Trinajstić information content (AvgIpc) is 3.13. The molecule has 1 N–H and O–H groups in total. The number of unbranched alkanes of at least 4 members (excludes halogenated alkanes) is 1. The molecular weight excluding hydrogens is 460 g/mol. The van der Waals surface area contributed by atoms with Crippen molar-refractivity contribution in [1.29, 1.82) is 0 Å². The summed E-state index contributed by atoms with van der Waals surface area (Å²) in [5.74, 6) is 0.130. The molecular formula is C28H36N2O6. The number of rotatable bonds is 12. The van der Waals surface area contributed by atoms with Crippen LogP contribution in [0.2, 0.25) is 0 Å². The smallest absolute Gasteiger partial charge is 0.295 e. The highest BCUT2D eigenvalue weighted by molar-refractivity contribution is 6.46. The third kappa shape index (κ3) is 5.99. The van der Waals surface area contributed by atoms with Gasteiger partial charge < -0.3 is 29.1 Å². The number of carbonyl (C=O) groups excluding carboxylic acids is 2. The number of amides is 1. The number of methoxy groups -OCH3 is 2. The summed E-state index contributed by atoms with van der Waals surface area (Å²) in [6.45, 7) is 3.82. The second kappa shape index (κ2) is 12.4. The van der Waals surface area contributed by atoms with Crippen LogP contribution in [-0.4, -0.2) is 74.6 Å². The van der Waals surface area contributed by atoms with Gasteiger partial charge in [0.2, 0.25) is 0 Å². The molecule has 1 aliphatic heterocycles. The summed E-state index contributed by atoms with van der Waals surface area (Å²) in [4.78, 5) is 29.9. The Morgan fingerprint density at radius 1 is 1.00 bits per heavy atom. The highest BCUT2D eigenvalue weighted by Gasteiger charge is 2.46. The Morgan fingerprint density at radius 2 is 1.69 bits per heavy atom. The van der Waals surface area contributed by atoms with Crippen molar-refractivity contribution < 1.29 is 28.9 Å². The molecule has 1 aliphatic rings. The fraction of sp³-hybridized carbons (Fsp3) is 0.429. The minimum absolute atomic E-state index is 0.0525. The first-order valence-corrected chi connectivity index (χ1v) is 12.2. The second-order valence-corrected chi connectivity index (χ2v) is 8.99. The summed E-state index contributed by atoms with van der Waals surface area (Å²) in [5.41, 5.74) is 1.14. The molecule has 1 saturated heterocycles. The van der Waals surface area contributed by atoms with E-state index in [1.54, 1.807) is 49.6 Å². The summed E-state index contributed by atoms with van der Waals surface area (Å²) in [6, 6.07) is 11.4. The lowest BCUT2D eigenvalue weighted by Crippen LogP contribution is -2.32. The standard InChI is InChI=1S/C28H36N2O6/c1-6-7-17-36-21-12-9-19(10-13-21)26(31)24-25(20-11-14-22(34-4)23(18-20)35-5)30(28(33)27(24)32)16-8-15-29(2)3/h9-14,18,25,31H,6-8,15-17H2,1-5H3/b26-24+/t25-/m0/s1. The molecule has 0 spiro atoms. The zero-order chi connectivity index (χ0) is 26.2. The first-order valence-electron chi connectivity index (χ1n) is 12.2. The minimum atomic E-state index is -0.757. The molecule has 0 unspecified atom stereocenters. The number of nitrogens with zero attached hydrogens (tertiary/aromatic N) is 2. The zero-order valence-corrected chi connectivity index (χ0v) is 21.7. The fourth-order valence-corrected chi connectivity index (χ4v) is 4.24. The van der Waals surface area contributed by atoms with E-state index in [1.807, 2.05) is 19.0 Å². The Hall–Kier alpha value is -3.52. The van der Waals surface area contributed by atoms with Crippen LogP contribution < -0.4 is 14.2 Å². The third-order valence-electron chi connectivity index (χ3n) is 6.16. The van der Waals surface area contributed by atoms with E-state index in [-0.39, 0.29) is 11.3 Å². The number of carbonyl (C=O) groups is 2. The Kier molecular flexibility index (Phi) is 9.36. The topological polar surface area (TPSA) is 88.5 Å². The van der Waals surface area contributed by atoms with Gasteiger partial charge in [-0.25, -0.2) is 0 Å². The van der Waals surface area contributed by atoms with E-state index in [0.717, 1.165) is 19.4 Å². The van der Waals surface area contributed by atoms with E-state index >= 15 is 0 Å². The maximum Gasteiger partial charge on any atom is 0.295 e. The van der Waals surface area contributed by atoms with Crippen LogP contribution >= 0.6 is 0 Å². The summed E-state index contributed by atoms with van der Waals surface area (Å²) in [7, 11) is 6.98. The molecule has 8 nitrogen and oxygen atoms in total. The summed E-state index contributed by atoms with van der Waals surface area (Å²) < 4.78 is 16.5. The molecule has 3 rings (SSSR count). The van der Waals surface area contributed by atoms with Crippen LogP contribution in [0.1, 0.15) is 43.4 Å². The number of aliphatic hydroxyl groups is 1. The quantitative estimate of drug-likeness (QED) is 0.203. The van der Waals surface area contributed by atoms with Crippen molar-refractivity contribution in [1.82, 2.24) is 9.80 Å².